The molecule has 3 fully saturated rings. The van der Waals surface area contributed by atoms with Gasteiger partial charge in [0.25, 0.3) is 34.4 Å². The zero-order valence-electron chi connectivity index (χ0n) is 58.2. The molecule has 25 nitrogen and oxygen atoms in total. The maximum atomic E-state index is 13.6. The number of methoxy groups -OCH3 is 3. The van der Waals surface area contributed by atoms with Gasteiger partial charge >= 0.3 is 5.97 Å². The average Bonchev–Trinajstić information content (AvgIpc) is 0.766. The normalized spacial score (nSPS) is 13.2. The summed E-state index contributed by atoms with van der Waals surface area (Å²) in [5, 5.41) is 23.6. The molecule has 5 amide bonds. The first kappa shape index (κ1) is 80.4. The van der Waals surface area contributed by atoms with E-state index >= 15 is 0 Å². The maximum absolute atomic E-state index is 13.6. The average molecular weight is 1650 g/mol. The zero-order chi connectivity index (χ0) is 75.3. The Morgan fingerprint density at radius 2 is 0.811 bits per heavy atom. The fraction of sp³-hybridized carbons (Fsp3) is 0.280. The minimum absolute atomic E-state index is 0. The molecule has 0 atom stereocenters. The van der Waals surface area contributed by atoms with Crippen molar-refractivity contribution < 1.29 is 48.1 Å². The van der Waals surface area contributed by atoms with Crippen LogP contribution in [0.2, 0.25) is 15.1 Å². The van der Waals surface area contributed by atoms with Crippen LogP contribution in [0.15, 0.2) is 163 Å². The summed E-state index contributed by atoms with van der Waals surface area (Å²) in [5.74, 6) is -0.366. The number of carbonyl (C=O) groups excluding carboxylic acids is 5. The van der Waals surface area contributed by atoms with Crippen LogP contribution >= 0.6 is 79.1 Å². The molecule has 3 aliphatic heterocycles. The molecule has 13 rings (SSSR count). The Morgan fingerprint density at radius 3 is 1.11 bits per heavy atom. The highest BCUT2D eigenvalue weighted by Crippen LogP contribution is 2.37. The molecule has 0 radical (unpaired) electrons. The standard InChI is InChI=1S/C29H27ClN4O4.C23H22BrClN4O4.C19H15BrClN3O5.C4H9N.ClH/c1-18-15-33(16-18)25(35)17-34-27-22(26(38-2)24(14-31-27)20-6-4-3-5-7-20)12-23(29(34)37)28(36)32-13-19-8-10-21(30)11-9-19;1-13-10-28(11-13)19(30)12-29-21-16(20(33-2)18(24)9-26-21)7-17(23(29)32)22(31)27-8-14-3-5-15(25)6-4-14;1-29-16-12-6-13(18(27)23-7-10-2-4-11(21)5-3-10)19(28)24(9-15(25)26)17(12)22-8-14(16)20;1-4-2-5-3-4;/h3-12,14,18H,13,15-17H2,1-2H3,(H,32,36);3-7,9,13H,8,10-12H2,1-2H3,(H,27,31);2-6,8H,7,9H2,1H3,(H,23,27)(H,25,26);4-5H,2-3H2,1H3;1H. The van der Waals surface area contributed by atoms with Crippen molar-refractivity contribution >= 4 is 148 Å². The van der Waals surface area contributed by atoms with E-state index in [1.807, 2.05) is 30.3 Å². The second-order valence-corrected chi connectivity index (χ2v) is 28.3. The van der Waals surface area contributed by atoms with Crippen LogP contribution in [0.3, 0.4) is 0 Å². The first-order valence-corrected chi connectivity index (χ1v) is 35.8. The van der Waals surface area contributed by atoms with Crippen LogP contribution in [0.4, 0.5) is 0 Å². The second kappa shape index (κ2) is 36.5. The van der Waals surface area contributed by atoms with E-state index in [0.29, 0.717) is 101 Å². The summed E-state index contributed by atoms with van der Waals surface area (Å²) in [4.78, 5) is 132. The van der Waals surface area contributed by atoms with Gasteiger partial charge in [0, 0.05) is 85.0 Å². The Labute approximate surface area is 646 Å². The summed E-state index contributed by atoms with van der Waals surface area (Å²) in [6, 6.07) is 34.8. The molecule has 31 heteroatoms. The van der Waals surface area contributed by atoms with Crippen molar-refractivity contribution in [3.8, 4) is 28.4 Å². The molecule has 6 aromatic heterocycles. The number of pyridine rings is 6. The summed E-state index contributed by atoms with van der Waals surface area (Å²) in [6.07, 6.45) is 4.54. The zero-order valence-corrected chi connectivity index (χ0v) is 64.5. The van der Waals surface area contributed by atoms with E-state index in [0.717, 1.165) is 32.7 Å². The highest BCUT2D eigenvalue weighted by atomic mass is 79.9. The van der Waals surface area contributed by atoms with Crippen LogP contribution in [0.25, 0.3) is 44.2 Å². The second-order valence-electron chi connectivity index (χ2n) is 25.3. The number of amides is 5. The van der Waals surface area contributed by atoms with Gasteiger partial charge in [-0.25, -0.2) is 15.0 Å². The number of rotatable bonds is 19. The number of carboxylic acid groups (broad SMARTS) is 1. The molecule has 0 unspecified atom stereocenters. The lowest BCUT2D eigenvalue weighted by molar-refractivity contribution is -0.138. The Kier molecular flexibility index (Phi) is 27.7. The predicted molar refractivity (Wildman–Crippen MR) is 415 cm³/mol. The molecule has 3 aliphatic rings. The number of nitrogens with zero attached hydrogens (tertiary/aromatic N) is 8. The number of halogens is 6. The molecule has 554 valence electrons. The van der Waals surface area contributed by atoms with Crippen LogP contribution in [0.1, 0.15) is 68.5 Å². The van der Waals surface area contributed by atoms with E-state index in [1.54, 1.807) is 88.8 Å². The molecular formula is C75H74Br2Cl4N12O13. The lowest BCUT2D eigenvalue weighted by Gasteiger charge is -2.37. The molecule has 106 heavy (non-hydrogen) atoms. The molecule has 5 N–H and O–H groups in total. The largest absolute Gasteiger partial charge is 0.495 e. The van der Waals surface area contributed by atoms with Gasteiger partial charge in [0.1, 0.15) is 70.5 Å². The van der Waals surface area contributed by atoms with Gasteiger partial charge in [0.2, 0.25) is 11.8 Å². The van der Waals surface area contributed by atoms with Crippen LogP contribution in [0.5, 0.6) is 17.2 Å². The summed E-state index contributed by atoms with van der Waals surface area (Å²) in [7, 11) is 4.44. The third kappa shape index (κ3) is 19.3. The van der Waals surface area contributed by atoms with Crippen LogP contribution in [-0.2, 0) is 53.7 Å². The number of likely N-dealkylation sites (tertiary alicyclic amines) is 2. The van der Waals surface area contributed by atoms with Crippen LogP contribution < -0.4 is 52.2 Å². The van der Waals surface area contributed by atoms with Crippen molar-refractivity contribution in [2.24, 2.45) is 17.8 Å². The van der Waals surface area contributed by atoms with Gasteiger partial charge in [-0.15, -0.1) is 12.4 Å². The Morgan fingerprint density at radius 1 is 0.491 bits per heavy atom. The molecule has 0 spiro atoms. The van der Waals surface area contributed by atoms with Gasteiger partial charge in [-0.3, -0.25) is 56.9 Å². The van der Waals surface area contributed by atoms with E-state index in [-0.39, 0.29) is 90.6 Å². The third-order valence-electron chi connectivity index (χ3n) is 17.3. The molecule has 0 aliphatic carbocycles. The molecule has 9 heterocycles. The van der Waals surface area contributed by atoms with Gasteiger partial charge in [-0.1, -0.05) is 122 Å². The fourth-order valence-electron chi connectivity index (χ4n) is 11.7. The highest BCUT2D eigenvalue weighted by molar-refractivity contribution is 9.11. The van der Waals surface area contributed by atoms with Gasteiger partial charge < -0.3 is 50.4 Å². The SMILES string of the molecule is CC1CNC1.COc1c(-c2ccccc2)cnc2c1cc(C(=O)NCc1ccc(Cl)cc1)c(=O)n2CC(=O)N1CC(C)C1.COc1c(Br)cnc2c1cc(C(=O)NCc1ccc(Cl)cc1)c(=O)n2CC(=O)N1CC(C)C1.COc1c(Br)cnc2c1cc(C(=O)NCc1ccc(Cl)cc1)c(=O)n2CC(=O)O.Cl. The quantitative estimate of drug-likeness (QED) is 0.0502. The minimum atomic E-state index is -1.24. The van der Waals surface area contributed by atoms with Gasteiger partial charge in [-0.05, 0) is 140 Å². The lowest BCUT2D eigenvalue weighted by Crippen LogP contribution is -2.50. The molecule has 4 aromatic carbocycles. The number of carboxylic acids is 1. The van der Waals surface area contributed by atoms with Gasteiger partial charge in [0.05, 0.1) is 46.4 Å². The first-order chi connectivity index (χ1) is 50.3. The Hall–Kier alpha value is -9.74. The monoisotopic (exact) mass is 1650 g/mol. The van der Waals surface area contributed by atoms with Gasteiger partial charge in [0.15, 0.2) is 0 Å². The van der Waals surface area contributed by atoms with Crippen molar-refractivity contribution in [2.75, 3.05) is 60.6 Å². The lowest BCUT2D eigenvalue weighted by atomic mass is 10.0. The van der Waals surface area contributed by atoms with Crippen molar-refractivity contribution in [2.45, 2.75) is 60.0 Å². The number of benzene rings is 4. The topological polar surface area (TPSA) is 310 Å². The number of hydrogen-bond donors (Lipinski definition) is 5. The number of hydrogen-bond acceptors (Lipinski definition) is 16. The third-order valence-corrected chi connectivity index (χ3v) is 19.2. The number of nitrogens with one attached hydrogen (secondary N) is 4. The molecule has 3 saturated heterocycles. The maximum Gasteiger partial charge on any atom is 0.323 e. The van der Waals surface area contributed by atoms with E-state index in [1.165, 1.54) is 74.1 Å². The van der Waals surface area contributed by atoms with Gasteiger partial charge in [-0.2, -0.15) is 0 Å². The van der Waals surface area contributed by atoms with E-state index < -0.39 is 46.9 Å². The number of aromatic nitrogens is 6. The number of carbonyl (C=O) groups is 6. The van der Waals surface area contributed by atoms with Crippen LogP contribution in [0, 0.1) is 17.8 Å². The Bertz CT molecular complexity index is 5120. The minimum Gasteiger partial charge on any atom is -0.495 e. The first-order valence-electron chi connectivity index (χ1n) is 33.1. The van der Waals surface area contributed by atoms with Crippen molar-refractivity contribution in [1.29, 1.82) is 0 Å². The molecule has 0 saturated carbocycles. The van der Waals surface area contributed by atoms with E-state index in [9.17, 15) is 48.3 Å². The summed E-state index contributed by atoms with van der Waals surface area (Å²) < 4.78 is 21.1. The molecule has 0 bridgehead atoms. The van der Waals surface area contributed by atoms with E-state index in [2.05, 4.69) is 88.9 Å². The smallest absolute Gasteiger partial charge is 0.323 e. The summed E-state index contributed by atoms with van der Waals surface area (Å²) in [5.41, 5.74) is 2.34. The summed E-state index contributed by atoms with van der Waals surface area (Å²) >= 11 is 24.4. The number of ether oxygens (including phenoxy) is 3. The molecule has 10 aromatic rings. The molecular weight excluding hydrogens is 1580 g/mol. The number of aliphatic carboxylic acids is 1. The number of fused-ring (bicyclic) bond motifs is 3. The van der Waals surface area contributed by atoms with Crippen LogP contribution in [-0.4, -0.2) is 140 Å². The predicted octanol–water partition coefficient (Wildman–Crippen LogP) is 10.8. The van der Waals surface area contributed by atoms with Crippen molar-refractivity contribution in [1.82, 2.24) is 59.7 Å². The van der Waals surface area contributed by atoms with E-state index in [4.69, 9.17) is 49.0 Å². The van der Waals surface area contributed by atoms with Crippen molar-refractivity contribution in [3.05, 3.63) is 228 Å². The summed E-state index contributed by atoms with van der Waals surface area (Å²) in [6.45, 7) is 10.9. The van der Waals surface area contributed by atoms with Crippen molar-refractivity contribution in [3.63, 3.8) is 0 Å². The fourth-order valence-corrected chi connectivity index (χ4v) is 13.0. The Balaban J connectivity index is 0.000000178. The highest BCUT2D eigenvalue weighted by Gasteiger charge is 2.32.